The van der Waals surface area contributed by atoms with Crippen LogP contribution >= 0.6 is 0 Å². The van der Waals surface area contributed by atoms with Gasteiger partial charge >= 0.3 is 0 Å². The molecule has 0 fully saturated rings. The van der Waals surface area contributed by atoms with Crippen LogP contribution in [-0.4, -0.2) is 54.0 Å². The van der Waals surface area contributed by atoms with Gasteiger partial charge in [-0.3, -0.25) is 4.90 Å². The summed E-state index contributed by atoms with van der Waals surface area (Å²) in [5.41, 5.74) is 5.95. The van der Waals surface area contributed by atoms with Crippen LogP contribution in [0.1, 0.15) is 55.2 Å². The summed E-state index contributed by atoms with van der Waals surface area (Å²) < 4.78 is 18.2. The number of ether oxygens (including phenoxy) is 3. The predicted molar refractivity (Wildman–Crippen MR) is 175 cm³/mol. The quantitative estimate of drug-likeness (QED) is 0.122. The Morgan fingerprint density at radius 3 is 2.82 bits per heavy atom. The zero-order valence-electron chi connectivity index (χ0n) is 25.6. The fourth-order valence-electron chi connectivity index (χ4n) is 7.24. The monoisotopic (exact) mass is 593 g/mol. The van der Waals surface area contributed by atoms with Gasteiger partial charge in [0.05, 0.1) is 25.2 Å². The van der Waals surface area contributed by atoms with Crippen molar-refractivity contribution in [3.63, 3.8) is 0 Å². The number of unbranched alkanes of at least 4 members (excludes halogenated alkanes) is 3. The molecule has 0 unspecified atom stereocenters. The number of aliphatic hydroxyl groups is 1. The topological polar surface area (TPSA) is 79.0 Å². The molecule has 3 aliphatic rings. The maximum Gasteiger partial charge on any atom is 0.166 e. The second-order valence-electron chi connectivity index (χ2n) is 12.5. The molecule has 2 aliphatic heterocycles. The van der Waals surface area contributed by atoms with Gasteiger partial charge in [-0.2, -0.15) is 0 Å². The van der Waals surface area contributed by atoms with Gasteiger partial charge in [0.1, 0.15) is 11.9 Å². The Bertz CT molecular complexity index is 1610. The first kappa shape index (κ1) is 28.8. The van der Waals surface area contributed by atoms with Crippen molar-refractivity contribution >= 4 is 16.6 Å². The van der Waals surface area contributed by atoms with E-state index in [1.807, 2.05) is 18.3 Å². The fraction of sp³-hybridized carbons (Fsp3) is 0.405. The van der Waals surface area contributed by atoms with Gasteiger partial charge < -0.3 is 29.6 Å². The van der Waals surface area contributed by atoms with Gasteiger partial charge in [0.2, 0.25) is 0 Å². The standard InChI is InChI=1S/C37H43N3O4/c1-42-33-13-8-28-25-40(20-17-37-16-14-30(41)23-34(37)44-36(33)35(28)37)19-4-2-3-5-21-43-31-10-6-26(7-11-31)24-39-29-9-12-32-27(22-29)15-18-38-32/h6-16,18,22,30,34,38-39,41H,2-5,17,19-21,23-25H2,1H3/t30-,34-,37-/m0/s1. The Morgan fingerprint density at radius 2 is 1.93 bits per heavy atom. The third-order valence-electron chi connectivity index (χ3n) is 9.65. The minimum Gasteiger partial charge on any atom is -0.494 e. The highest BCUT2D eigenvalue weighted by Gasteiger charge is 2.52. The Labute approximate surface area is 259 Å². The van der Waals surface area contributed by atoms with E-state index in [1.54, 1.807) is 7.11 Å². The number of fused-ring (bicyclic) bond motifs is 1. The number of nitrogens with one attached hydrogen (secondary N) is 2. The summed E-state index contributed by atoms with van der Waals surface area (Å²) in [6.07, 6.45) is 11.9. The summed E-state index contributed by atoms with van der Waals surface area (Å²) in [6.45, 7) is 4.57. The van der Waals surface area contributed by atoms with E-state index in [4.69, 9.17) is 14.2 Å². The summed E-state index contributed by atoms with van der Waals surface area (Å²) in [4.78, 5) is 5.83. The molecule has 3 atom stereocenters. The number of H-pyrrole nitrogens is 1. The summed E-state index contributed by atoms with van der Waals surface area (Å²) >= 11 is 0. The smallest absolute Gasteiger partial charge is 0.166 e. The van der Waals surface area contributed by atoms with Gasteiger partial charge in [0.25, 0.3) is 0 Å². The molecule has 44 heavy (non-hydrogen) atoms. The third-order valence-corrected chi connectivity index (χ3v) is 9.65. The van der Waals surface area contributed by atoms with Crippen LogP contribution in [0.25, 0.3) is 10.9 Å². The normalized spacial score (nSPS) is 22.2. The molecule has 4 aromatic rings. The van der Waals surface area contributed by atoms with Gasteiger partial charge in [-0.25, -0.2) is 0 Å². The highest BCUT2D eigenvalue weighted by atomic mass is 16.5. The van der Waals surface area contributed by atoms with Crippen LogP contribution in [0.5, 0.6) is 17.2 Å². The van der Waals surface area contributed by atoms with Crippen LogP contribution < -0.4 is 19.5 Å². The lowest BCUT2D eigenvalue weighted by Crippen LogP contribution is -2.43. The predicted octanol–water partition coefficient (Wildman–Crippen LogP) is 6.95. The van der Waals surface area contributed by atoms with Crippen molar-refractivity contribution in [3.05, 3.63) is 95.7 Å². The minimum absolute atomic E-state index is 0.0361. The number of hydrogen-bond acceptors (Lipinski definition) is 6. The van der Waals surface area contributed by atoms with Gasteiger partial charge in [-0.15, -0.1) is 0 Å². The van der Waals surface area contributed by atoms with E-state index in [0.717, 1.165) is 74.1 Å². The van der Waals surface area contributed by atoms with Gasteiger partial charge in [-0.1, -0.05) is 43.2 Å². The SMILES string of the molecule is COc1ccc2c3c1O[C@H]1C[C@@H](O)C=C[C@@]31CCN(CCCCCCOc1ccc(CNc3ccc4[nH]ccc4c3)cc1)C2. The van der Waals surface area contributed by atoms with Crippen molar-refractivity contribution < 1.29 is 19.3 Å². The second-order valence-corrected chi connectivity index (χ2v) is 12.5. The van der Waals surface area contributed by atoms with Gasteiger partial charge in [0, 0.05) is 47.9 Å². The average molecular weight is 594 g/mol. The number of methoxy groups -OCH3 is 1. The first-order chi connectivity index (χ1) is 21.6. The molecule has 0 amide bonds. The van der Waals surface area contributed by atoms with E-state index >= 15 is 0 Å². The van der Waals surface area contributed by atoms with Crippen molar-refractivity contribution in [1.29, 1.82) is 0 Å². The van der Waals surface area contributed by atoms with Crippen LogP contribution in [-0.2, 0) is 18.5 Å². The molecule has 230 valence electrons. The van der Waals surface area contributed by atoms with Crippen LogP contribution in [0.2, 0.25) is 0 Å². The summed E-state index contributed by atoms with van der Waals surface area (Å²) in [7, 11) is 1.71. The molecule has 0 radical (unpaired) electrons. The van der Waals surface area contributed by atoms with Crippen molar-refractivity contribution in [1.82, 2.24) is 9.88 Å². The number of rotatable bonds is 12. The molecular formula is C37H43N3O4. The molecule has 0 saturated carbocycles. The molecule has 0 saturated heterocycles. The maximum atomic E-state index is 10.3. The first-order valence-electron chi connectivity index (χ1n) is 16.1. The van der Waals surface area contributed by atoms with Crippen molar-refractivity contribution in [2.45, 2.75) is 69.2 Å². The van der Waals surface area contributed by atoms with Crippen molar-refractivity contribution in [3.8, 4) is 17.2 Å². The minimum atomic E-state index is -0.448. The van der Waals surface area contributed by atoms with Crippen LogP contribution in [0.15, 0.2) is 79.0 Å². The lowest BCUT2D eigenvalue weighted by Gasteiger charge is -2.35. The Morgan fingerprint density at radius 1 is 1.05 bits per heavy atom. The molecule has 3 N–H and O–H groups in total. The molecule has 7 nitrogen and oxygen atoms in total. The molecular weight excluding hydrogens is 550 g/mol. The summed E-state index contributed by atoms with van der Waals surface area (Å²) in [5.74, 6) is 2.61. The molecule has 7 rings (SSSR count). The number of nitrogens with zero attached hydrogens (tertiary/aromatic N) is 1. The van der Waals surface area contributed by atoms with E-state index < -0.39 is 6.10 Å². The molecule has 1 aliphatic carbocycles. The van der Waals surface area contributed by atoms with Crippen LogP contribution in [0.3, 0.4) is 0 Å². The second kappa shape index (κ2) is 12.6. The zero-order chi connectivity index (χ0) is 29.9. The van der Waals surface area contributed by atoms with Crippen LogP contribution in [0.4, 0.5) is 5.69 Å². The van der Waals surface area contributed by atoms with Crippen molar-refractivity contribution in [2.24, 2.45) is 0 Å². The molecule has 3 aromatic carbocycles. The first-order valence-corrected chi connectivity index (χ1v) is 16.1. The van der Waals surface area contributed by atoms with Crippen LogP contribution in [0, 0.1) is 0 Å². The number of aromatic nitrogens is 1. The van der Waals surface area contributed by atoms with Gasteiger partial charge in [-0.05, 0) is 85.9 Å². The maximum absolute atomic E-state index is 10.3. The number of aliphatic hydroxyl groups excluding tert-OH is 1. The number of hydrogen-bond donors (Lipinski definition) is 3. The molecule has 1 aromatic heterocycles. The summed E-state index contributed by atoms with van der Waals surface area (Å²) in [6, 6.07) is 21.2. The average Bonchev–Trinajstić information content (AvgIpc) is 3.61. The van der Waals surface area contributed by atoms with E-state index in [9.17, 15) is 5.11 Å². The zero-order valence-corrected chi connectivity index (χ0v) is 25.6. The van der Waals surface area contributed by atoms with Gasteiger partial charge in [0.15, 0.2) is 11.5 Å². The number of benzene rings is 3. The Kier molecular flexibility index (Phi) is 8.24. The lowest BCUT2D eigenvalue weighted by atomic mass is 9.69. The van der Waals surface area contributed by atoms with E-state index in [2.05, 4.69) is 75.9 Å². The lowest BCUT2D eigenvalue weighted by molar-refractivity contribution is 0.0809. The molecule has 7 heteroatoms. The van der Waals surface area contributed by atoms with E-state index in [0.29, 0.717) is 6.42 Å². The molecule has 1 spiro atoms. The Hall–Kier alpha value is -3.94. The molecule has 0 bridgehead atoms. The van der Waals surface area contributed by atoms with E-state index in [1.165, 1.54) is 41.3 Å². The Balaban J connectivity index is 0.840. The summed E-state index contributed by atoms with van der Waals surface area (Å²) in [5, 5.41) is 15.0. The number of aromatic amines is 1. The highest BCUT2D eigenvalue weighted by molar-refractivity contribution is 5.83. The highest BCUT2D eigenvalue weighted by Crippen LogP contribution is 2.55. The molecule has 3 heterocycles. The number of anilines is 1. The van der Waals surface area contributed by atoms with E-state index in [-0.39, 0.29) is 11.5 Å². The van der Waals surface area contributed by atoms with Crippen molar-refractivity contribution in [2.75, 3.05) is 32.1 Å². The fourth-order valence-corrected chi connectivity index (χ4v) is 7.24. The largest absolute Gasteiger partial charge is 0.494 e. The third kappa shape index (κ3) is 5.78.